The first kappa shape index (κ1) is 12.9. The lowest BCUT2D eigenvalue weighted by Crippen LogP contribution is -2.19. The molecule has 0 atom stereocenters. The molecule has 0 unspecified atom stereocenters. The molecule has 0 fully saturated rings. The van der Waals surface area contributed by atoms with Gasteiger partial charge in [-0.1, -0.05) is 6.07 Å². The van der Waals surface area contributed by atoms with Crippen LogP contribution in [0.5, 0.6) is 5.75 Å². The van der Waals surface area contributed by atoms with Crippen molar-refractivity contribution in [3.63, 3.8) is 0 Å². The number of benzene rings is 1. The third-order valence-electron chi connectivity index (χ3n) is 2.32. The Morgan fingerprint density at radius 1 is 1.38 bits per heavy atom. The first-order valence-electron chi connectivity index (χ1n) is 5.42. The first-order valence-corrected chi connectivity index (χ1v) is 5.42. The monoisotopic (exact) mass is 227 g/mol. The van der Waals surface area contributed by atoms with Crippen LogP contribution in [0.3, 0.4) is 0 Å². The number of rotatable bonds is 7. The van der Waals surface area contributed by atoms with E-state index in [1.165, 1.54) is 13.2 Å². The summed E-state index contributed by atoms with van der Waals surface area (Å²) in [6.07, 6.45) is 1.52. The van der Waals surface area contributed by atoms with Crippen molar-refractivity contribution in [3.8, 4) is 5.75 Å². The third-order valence-corrected chi connectivity index (χ3v) is 2.32. The number of aliphatic hydroxyl groups excluding tert-OH is 1. The Morgan fingerprint density at radius 3 is 2.81 bits per heavy atom. The quantitative estimate of drug-likeness (QED) is 0.691. The van der Waals surface area contributed by atoms with Crippen molar-refractivity contribution in [3.05, 3.63) is 29.6 Å². The third kappa shape index (κ3) is 4.16. The maximum Gasteiger partial charge on any atom is 0.165 e. The molecule has 1 rings (SSSR count). The second-order valence-corrected chi connectivity index (χ2v) is 3.55. The first-order chi connectivity index (χ1) is 7.77. The van der Waals surface area contributed by atoms with Gasteiger partial charge in [0.2, 0.25) is 0 Å². The van der Waals surface area contributed by atoms with Crippen molar-refractivity contribution in [2.24, 2.45) is 0 Å². The molecular formula is C12H18FNO2. The zero-order valence-electron chi connectivity index (χ0n) is 9.50. The summed E-state index contributed by atoms with van der Waals surface area (Å²) < 4.78 is 18.1. The maximum absolute atomic E-state index is 13.3. The van der Waals surface area contributed by atoms with Gasteiger partial charge in [-0.15, -0.1) is 0 Å². The van der Waals surface area contributed by atoms with Gasteiger partial charge in [0.1, 0.15) is 0 Å². The number of halogens is 1. The molecule has 0 radical (unpaired) electrons. The van der Waals surface area contributed by atoms with Crippen LogP contribution in [0.25, 0.3) is 0 Å². The number of aliphatic hydroxyl groups is 1. The van der Waals surface area contributed by atoms with E-state index in [9.17, 15) is 4.39 Å². The maximum atomic E-state index is 13.3. The fourth-order valence-corrected chi connectivity index (χ4v) is 1.43. The summed E-state index contributed by atoms with van der Waals surface area (Å²) in [6, 6.07) is 4.99. The SMILES string of the molecule is COc1ccc(CCNCCCO)cc1F. The number of hydrogen-bond acceptors (Lipinski definition) is 3. The van der Waals surface area contributed by atoms with Gasteiger partial charge in [0, 0.05) is 6.61 Å². The van der Waals surface area contributed by atoms with Gasteiger partial charge in [0.25, 0.3) is 0 Å². The van der Waals surface area contributed by atoms with E-state index < -0.39 is 0 Å². The Labute approximate surface area is 95.2 Å². The van der Waals surface area contributed by atoms with E-state index in [-0.39, 0.29) is 18.2 Å². The van der Waals surface area contributed by atoms with Crippen LogP contribution in [0.15, 0.2) is 18.2 Å². The van der Waals surface area contributed by atoms with E-state index in [0.29, 0.717) is 0 Å². The lowest BCUT2D eigenvalue weighted by atomic mass is 10.1. The van der Waals surface area contributed by atoms with Crippen LogP contribution in [0.1, 0.15) is 12.0 Å². The smallest absolute Gasteiger partial charge is 0.165 e. The molecule has 0 spiro atoms. The minimum atomic E-state index is -0.324. The normalized spacial score (nSPS) is 10.4. The summed E-state index contributed by atoms with van der Waals surface area (Å²) in [5.74, 6) is -0.0488. The van der Waals surface area contributed by atoms with Gasteiger partial charge in [0.05, 0.1) is 7.11 Å². The molecule has 2 N–H and O–H groups in total. The van der Waals surface area contributed by atoms with Crippen LogP contribution in [0.4, 0.5) is 4.39 Å². The second kappa shape index (κ2) is 7.19. The number of hydrogen-bond donors (Lipinski definition) is 2. The molecule has 0 bridgehead atoms. The molecule has 0 aromatic heterocycles. The molecule has 1 aromatic carbocycles. The van der Waals surface area contributed by atoms with E-state index in [4.69, 9.17) is 9.84 Å². The molecule has 3 nitrogen and oxygen atoms in total. The molecular weight excluding hydrogens is 209 g/mol. The van der Waals surface area contributed by atoms with Gasteiger partial charge in [0.15, 0.2) is 11.6 Å². The Hall–Kier alpha value is -1.13. The summed E-state index contributed by atoms with van der Waals surface area (Å²) in [4.78, 5) is 0. The van der Waals surface area contributed by atoms with Gasteiger partial charge in [-0.2, -0.15) is 0 Å². The van der Waals surface area contributed by atoms with Crippen LogP contribution in [-0.4, -0.2) is 31.9 Å². The van der Waals surface area contributed by atoms with Crippen LogP contribution >= 0.6 is 0 Å². The van der Waals surface area contributed by atoms with Crippen LogP contribution < -0.4 is 10.1 Å². The molecule has 0 amide bonds. The molecule has 0 aliphatic heterocycles. The van der Waals surface area contributed by atoms with Crippen molar-refractivity contribution >= 4 is 0 Å². The lowest BCUT2D eigenvalue weighted by Gasteiger charge is -2.06. The number of nitrogens with one attached hydrogen (secondary N) is 1. The van der Waals surface area contributed by atoms with Gasteiger partial charge < -0.3 is 15.2 Å². The van der Waals surface area contributed by atoms with Gasteiger partial charge in [-0.25, -0.2) is 4.39 Å². The standard InChI is InChI=1S/C12H18FNO2/c1-16-12-4-3-10(9-11(12)13)5-7-14-6-2-8-15/h3-4,9,14-15H,2,5-8H2,1H3. The number of ether oxygens (including phenoxy) is 1. The molecule has 90 valence electrons. The molecule has 0 saturated heterocycles. The molecule has 4 heteroatoms. The van der Waals surface area contributed by atoms with E-state index >= 15 is 0 Å². The molecule has 1 aromatic rings. The van der Waals surface area contributed by atoms with Gasteiger partial charge >= 0.3 is 0 Å². The zero-order valence-corrected chi connectivity index (χ0v) is 9.50. The minimum Gasteiger partial charge on any atom is -0.494 e. The summed E-state index contributed by atoms with van der Waals surface area (Å²) in [7, 11) is 1.45. The fraction of sp³-hybridized carbons (Fsp3) is 0.500. The highest BCUT2D eigenvalue weighted by molar-refractivity contribution is 5.29. The van der Waals surface area contributed by atoms with Crippen molar-refractivity contribution in [2.75, 3.05) is 26.8 Å². The highest BCUT2D eigenvalue weighted by atomic mass is 19.1. The lowest BCUT2D eigenvalue weighted by molar-refractivity contribution is 0.286. The minimum absolute atomic E-state index is 0.199. The topological polar surface area (TPSA) is 41.5 Å². The highest BCUT2D eigenvalue weighted by Crippen LogP contribution is 2.17. The molecule has 0 saturated carbocycles. The summed E-state index contributed by atoms with van der Waals surface area (Å²) in [5.41, 5.74) is 0.940. The van der Waals surface area contributed by atoms with Crippen LogP contribution in [0.2, 0.25) is 0 Å². The summed E-state index contributed by atoms with van der Waals surface area (Å²) in [6.45, 7) is 1.77. The predicted octanol–water partition coefficient (Wildman–Crippen LogP) is 1.35. The van der Waals surface area contributed by atoms with Gasteiger partial charge in [-0.05, 0) is 43.6 Å². The van der Waals surface area contributed by atoms with Crippen molar-refractivity contribution < 1.29 is 14.2 Å². The van der Waals surface area contributed by atoms with Crippen molar-refractivity contribution in [1.82, 2.24) is 5.32 Å². The molecule has 0 heterocycles. The van der Waals surface area contributed by atoms with Crippen LogP contribution in [0, 0.1) is 5.82 Å². The largest absolute Gasteiger partial charge is 0.494 e. The summed E-state index contributed by atoms with van der Waals surface area (Å²) in [5, 5.41) is 11.7. The Kier molecular flexibility index (Phi) is 5.82. The van der Waals surface area contributed by atoms with Crippen molar-refractivity contribution in [1.29, 1.82) is 0 Å². The Bertz CT molecular complexity index is 318. The molecule has 16 heavy (non-hydrogen) atoms. The summed E-state index contributed by atoms with van der Waals surface area (Å²) >= 11 is 0. The van der Waals surface area contributed by atoms with Crippen molar-refractivity contribution in [2.45, 2.75) is 12.8 Å². The van der Waals surface area contributed by atoms with Gasteiger partial charge in [-0.3, -0.25) is 0 Å². The average molecular weight is 227 g/mol. The Balaban J connectivity index is 2.34. The number of methoxy groups -OCH3 is 1. The van der Waals surface area contributed by atoms with E-state index in [1.807, 2.05) is 6.07 Å². The van der Waals surface area contributed by atoms with E-state index in [0.717, 1.165) is 31.5 Å². The molecule has 0 aliphatic carbocycles. The van der Waals surface area contributed by atoms with Crippen LogP contribution in [-0.2, 0) is 6.42 Å². The fourth-order valence-electron chi connectivity index (χ4n) is 1.43. The van der Waals surface area contributed by atoms with E-state index in [2.05, 4.69) is 5.32 Å². The highest BCUT2D eigenvalue weighted by Gasteiger charge is 2.02. The Morgan fingerprint density at radius 2 is 2.19 bits per heavy atom. The second-order valence-electron chi connectivity index (χ2n) is 3.55. The van der Waals surface area contributed by atoms with E-state index in [1.54, 1.807) is 6.07 Å². The molecule has 0 aliphatic rings. The zero-order chi connectivity index (χ0) is 11.8. The predicted molar refractivity (Wildman–Crippen MR) is 61.2 cm³/mol. The average Bonchev–Trinajstić information content (AvgIpc) is 2.29.